The molecule has 2 aliphatic heterocycles. The second-order valence-corrected chi connectivity index (χ2v) is 9.33. The number of anilines is 1. The number of carbonyl (C=O) groups excluding carboxylic acids is 1. The molecule has 3 aliphatic rings. The van der Waals surface area contributed by atoms with E-state index in [4.69, 9.17) is 9.47 Å². The Kier molecular flexibility index (Phi) is 8.21. The molecule has 32 heavy (non-hydrogen) atoms. The molecule has 2 N–H and O–H groups in total. The SMILES string of the molecule is CC1CC=C2OC=C1C(=O)NCC(C1CCCCC1)OCCCCCNc1cc2ccn1. The summed E-state index contributed by atoms with van der Waals surface area (Å²) in [4.78, 5) is 17.5. The third-order valence-electron chi connectivity index (χ3n) is 6.91. The van der Waals surface area contributed by atoms with Crippen LogP contribution in [-0.2, 0) is 14.3 Å². The number of hydrogen-bond donors (Lipinski definition) is 2. The Labute approximate surface area is 191 Å². The van der Waals surface area contributed by atoms with Crippen molar-refractivity contribution in [1.29, 1.82) is 0 Å². The molecule has 1 amide bonds. The number of carbonyl (C=O) groups is 1. The van der Waals surface area contributed by atoms with Gasteiger partial charge in [-0.05, 0) is 68.6 Å². The van der Waals surface area contributed by atoms with Gasteiger partial charge in [-0.25, -0.2) is 4.98 Å². The smallest absolute Gasteiger partial charge is 0.250 e. The van der Waals surface area contributed by atoms with Gasteiger partial charge in [0.25, 0.3) is 5.91 Å². The molecule has 0 radical (unpaired) electrons. The van der Waals surface area contributed by atoms with E-state index in [9.17, 15) is 4.79 Å². The monoisotopic (exact) mass is 439 g/mol. The maximum Gasteiger partial charge on any atom is 0.250 e. The molecule has 6 nitrogen and oxygen atoms in total. The van der Waals surface area contributed by atoms with E-state index in [0.29, 0.717) is 18.0 Å². The largest absolute Gasteiger partial charge is 0.464 e. The number of pyridine rings is 1. The van der Waals surface area contributed by atoms with Gasteiger partial charge in [-0.3, -0.25) is 4.79 Å². The van der Waals surface area contributed by atoms with E-state index in [0.717, 1.165) is 56.0 Å². The average Bonchev–Trinajstić information content (AvgIpc) is 3.02. The molecule has 0 spiro atoms. The van der Waals surface area contributed by atoms with Gasteiger partial charge in [0, 0.05) is 31.5 Å². The van der Waals surface area contributed by atoms with Crippen LogP contribution in [0.4, 0.5) is 5.82 Å². The van der Waals surface area contributed by atoms with Gasteiger partial charge in [-0.2, -0.15) is 0 Å². The number of allylic oxidation sites excluding steroid dienone is 1. The van der Waals surface area contributed by atoms with E-state index in [1.54, 1.807) is 12.5 Å². The first-order valence-corrected chi connectivity index (χ1v) is 12.4. The van der Waals surface area contributed by atoms with Gasteiger partial charge in [0.05, 0.1) is 11.7 Å². The van der Waals surface area contributed by atoms with Crippen molar-refractivity contribution in [3.8, 4) is 0 Å². The Morgan fingerprint density at radius 1 is 1.06 bits per heavy atom. The van der Waals surface area contributed by atoms with Crippen LogP contribution in [0.1, 0.15) is 70.3 Å². The molecule has 4 rings (SSSR count). The van der Waals surface area contributed by atoms with Gasteiger partial charge in [-0.15, -0.1) is 0 Å². The second-order valence-electron chi connectivity index (χ2n) is 9.33. The fourth-order valence-electron chi connectivity index (χ4n) is 4.86. The van der Waals surface area contributed by atoms with Crippen molar-refractivity contribution >= 4 is 17.5 Å². The zero-order valence-electron chi connectivity index (χ0n) is 19.3. The predicted molar refractivity (Wildman–Crippen MR) is 127 cm³/mol. The van der Waals surface area contributed by atoms with Crippen molar-refractivity contribution < 1.29 is 14.3 Å². The van der Waals surface area contributed by atoms with Gasteiger partial charge in [0.1, 0.15) is 17.8 Å². The molecule has 1 fully saturated rings. The minimum atomic E-state index is -0.0465. The Balaban J connectivity index is 1.51. The van der Waals surface area contributed by atoms with E-state index in [1.165, 1.54) is 32.1 Å². The first-order chi connectivity index (χ1) is 15.7. The lowest BCUT2D eigenvalue weighted by atomic mass is 9.85. The highest BCUT2D eigenvalue weighted by atomic mass is 16.5. The lowest BCUT2D eigenvalue weighted by Gasteiger charge is -2.30. The molecule has 1 aromatic heterocycles. The molecule has 4 bridgehead atoms. The van der Waals surface area contributed by atoms with Crippen molar-refractivity contribution in [3.63, 3.8) is 0 Å². The zero-order chi connectivity index (χ0) is 22.2. The second kappa shape index (κ2) is 11.5. The molecule has 1 aromatic rings. The molecule has 1 aliphatic carbocycles. The third kappa shape index (κ3) is 6.12. The van der Waals surface area contributed by atoms with Crippen molar-refractivity contribution in [2.75, 3.05) is 25.0 Å². The molecule has 174 valence electrons. The van der Waals surface area contributed by atoms with Gasteiger partial charge in [0.2, 0.25) is 0 Å². The fraction of sp³-hybridized carbons (Fsp3) is 0.615. The summed E-state index contributed by atoms with van der Waals surface area (Å²) >= 11 is 0. The van der Waals surface area contributed by atoms with E-state index in [2.05, 4.69) is 28.6 Å². The maximum absolute atomic E-state index is 13.1. The number of nitrogens with one attached hydrogen (secondary N) is 2. The number of ether oxygens (including phenoxy) is 2. The summed E-state index contributed by atoms with van der Waals surface area (Å²) in [5.74, 6) is 2.20. The summed E-state index contributed by atoms with van der Waals surface area (Å²) in [6, 6.07) is 3.96. The predicted octanol–water partition coefficient (Wildman–Crippen LogP) is 5.04. The molecule has 0 aromatic carbocycles. The van der Waals surface area contributed by atoms with Gasteiger partial charge in [-0.1, -0.05) is 26.2 Å². The summed E-state index contributed by atoms with van der Waals surface area (Å²) in [5.41, 5.74) is 1.66. The number of aromatic nitrogens is 1. The van der Waals surface area contributed by atoms with E-state index in [1.807, 2.05) is 12.1 Å². The number of fused-ring (bicyclic) bond motifs is 5. The highest BCUT2D eigenvalue weighted by molar-refractivity contribution is 5.94. The molecule has 6 heteroatoms. The molecule has 1 saturated carbocycles. The summed E-state index contributed by atoms with van der Waals surface area (Å²) in [6.45, 7) is 4.29. The normalized spacial score (nSPS) is 26.3. The Morgan fingerprint density at radius 3 is 2.78 bits per heavy atom. The zero-order valence-corrected chi connectivity index (χ0v) is 19.3. The minimum Gasteiger partial charge on any atom is -0.464 e. The van der Waals surface area contributed by atoms with Crippen LogP contribution in [0.2, 0.25) is 0 Å². The van der Waals surface area contributed by atoms with Crippen LogP contribution >= 0.6 is 0 Å². The van der Waals surface area contributed by atoms with Crippen molar-refractivity contribution in [2.45, 2.75) is 70.8 Å². The first kappa shape index (κ1) is 22.8. The molecule has 2 atom stereocenters. The van der Waals surface area contributed by atoms with Crippen LogP contribution in [0, 0.1) is 11.8 Å². The molecular formula is C26H37N3O3. The van der Waals surface area contributed by atoms with E-state index < -0.39 is 0 Å². The summed E-state index contributed by atoms with van der Waals surface area (Å²) in [6.07, 6.45) is 15.8. The Bertz CT molecular complexity index is 829. The third-order valence-corrected chi connectivity index (χ3v) is 6.91. The first-order valence-electron chi connectivity index (χ1n) is 12.4. The maximum atomic E-state index is 13.1. The summed E-state index contributed by atoms with van der Waals surface area (Å²) in [5, 5.41) is 6.59. The highest BCUT2D eigenvalue weighted by Crippen LogP contribution is 2.29. The van der Waals surface area contributed by atoms with Crippen molar-refractivity contribution in [2.24, 2.45) is 11.8 Å². The van der Waals surface area contributed by atoms with E-state index >= 15 is 0 Å². The van der Waals surface area contributed by atoms with Crippen LogP contribution in [0.25, 0.3) is 5.76 Å². The van der Waals surface area contributed by atoms with Crippen LogP contribution in [-0.4, -0.2) is 36.7 Å². The number of rotatable bonds is 1. The van der Waals surface area contributed by atoms with Crippen molar-refractivity contribution in [3.05, 3.63) is 41.8 Å². The van der Waals surface area contributed by atoms with Crippen LogP contribution in [0.5, 0.6) is 0 Å². The van der Waals surface area contributed by atoms with Crippen LogP contribution in [0.15, 0.2) is 36.2 Å². The Morgan fingerprint density at radius 2 is 1.91 bits per heavy atom. The molecule has 2 unspecified atom stereocenters. The van der Waals surface area contributed by atoms with Crippen LogP contribution < -0.4 is 10.6 Å². The van der Waals surface area contributed by atoms with Gasteiger partial charge in [0.15, 0.2) is 0 Å². The molecule has 3 heterocycles. The lowest BCUT2D eigenvalue weighted by Crippen LogP contribution is -2.40. The highest BCUT2D eigenvalue weighted by Gasteiger charge is 2.27. The molecule has 0 saturated heterocycles. The summed E-state index contributed by atoms with van der Waals surface area (Å²) < 4.78 is 12.3. The minimum absolute atomic E-state index is 0.0465. The van der Waals surface area contributed by atoms with Gasteiger partial charge >= 0.3 is 0 Å². The molecular weight excluding hydrogens is 402 g/mol. The van der Waals surface area contributed by atoms with Crippen LogP contribution in [0.3, 0.4) is 0 Å². The van der Waals surface area contributed by atoms with E-state index in [-0.39, 0.29) is 17.9 Å². The number of amides is 1. The standard InChI is InChI=1S/C26H37N3O3/c1-19-10-11-23-21-12-14-28-25(16-21)27-13-6-3-7-15-31-24(20-8-4-2-5-9-20)17-29-26(30)22(19)18-32-23/h11-12,14,16,18-20,24H,2-10,13,15,17H2,1H3,(H,27,28)(H,29,30). The number of hydrogen-bond acceptors (Lipinski definition) is 5. The average molecular weight is 440 g/mol. The van der Waals surface area contributed by atoms with Crippen molar-refractivity contribution in [1.82, 2.24) is 10.3 Å². The summed E-state index contributed by atoms with van der Waals surface area (Å²) in [7, 11) is 0. The number of nitrogens with zero attached hydrogens (tertiary/aromatic N) is 1. The fourth-order valence-corrected chi connectivity index (χ4v) is 4.86. The lowest BCUT2D eigenvalue weighted by molar-refractivity contribution is -0.119. The quantitative estimate of drug-likeness (QED) is 0.641. The topological polar surface area (TPSA) is 72.5 Å². The van der Waals surface area contributed by atoms with Gasteiger partial charge < -0.3 is 20.1 Å². The Hall–Kier alpha value is -2.34.